The van der Waals surface area contributed by atoms with Crippen molar-refractivity contribution in [2.24, 2.45) is 0 Å². The zero-order valence-electron chi connectivity index (χ0n) is 13.1. The highest BCUT2D eigenvalue weighted by Gasteiger charge is 2.16. The lowest BCUT2D eigenvalue weighted by atomic mass is 10.2. The smallest absolute Gasteiger partial charge is 0.226 e. The lowest BCUT2D eigenvalue weighted by Crippen LogP contribution is -2.38. The molecule has 0 radical (unpaired) electrons. The van der Waals surface area contributed by atoms with Gasteiger partial charge < -0.3 is 10.2 Å². The van der Waals surface area contributed by atoms with Crippen molar-refractivity contribution < 1.29 is 9.59 Å². The highest BCUT2D eigenvalue weighted by atomic mass is 35.5. The van der Waals surface area contributed by atoms with E-state index >= 15 is 0 Å². The van der Waals surface area contributed by atoms with E-state index in [9.17, 15) is 9.59 Å². The average Bonchev–Trinajstić information content (AvgIpc) is 2.42. The largest absolute Gasteiger partial charge is 0.340 e. The van der Waals surface area contributed by atoms with Crippen molar-refractivity contribution in [3.05, 3.63) is 28.8 Å². The van der Waals surface area contributed by atoms with Crippen LogP contribution in [-0.2, 0) is 9.59 Å². The lowest BCUT2D eigenvalue weighted by Gasteiger charge is -2.27. The molecule has 116 valence electrons. The molecule has 0 saturated heterocycles. The third-order valence-corrected chi connectivity index (χ3v) is 3.82. The number of halogens is 1. The zero-order chi connectivity index (χ0) is 16.0. The van der Waals surface area contributed by atoms with Gasteiger partial charge in [-0.15, -0.1) is 0 Å². The molecule has 1 atom stereocenters. The van der Waals surface area contributed by atoms with Crippen LogP contribution in [0.15, 0.2) is 18.2 Å². The minimum absolute atomic E-state index is 0.00362. The molecule has 1 unspecified atom stereocenters. The first-order valence-electron chi connectivity index (χ1n) is 7.18. The predicted molar refractivity (Wildman–Crippen MR) is 86.6 cm³/mol. The lowest BCUT2D eigenvalue weighted by molar-refractivity contribution is -0.131. The molecule has 2 amide bonds. The Labute approximate surface area is 131 Å². The fourth-order valence-corrected chi connectivity index (χ4v) is 2.24. The van der Waals surface area contributed by atoms with Crippen molar-refractivity contribution in [2.45, 2.75) is 46.6 Å². The predicted octanol–water partition coefficient (Wildman–Crippen LogP) is 3.62. The van der Waals surface area contributed by atoms with Crippen LogP contribution >= 0.6 is 11.6 Å². The quantitative estimate of drug-likeness (QED) is 0.872. The second kappa shape index (κ2) is 8.03. The fraction of sp³-hybridized carbons (Fsp3) is 0.500. The molecule has 0 aliphatic heterocycles. The molecule has 0 bridgehead atoms. The minimum atomic E-state index is -0.116. The topological polar surface area (TPSA) is 49.4 Å². The normalized spacial score (nSPS) is 11.9. The van der Waals surface area contributed by atoms with E-state index in [1.165, 1.54) is 6.92 Å². The zero-order valence-corrected chi connectivity index (χ0v) is 13.8. The van der Waals surface area contributed by atoms with E-state index in [1.54, 1.807) is 17.0 Å². The van der Waals surface area contributed by atoms with Gasteiger partial charge in [0.15, 0.2) is 0 Å². The van der Waals surface area contributed by atoms with Crippen LogP contribution in [0.1, 0.15) is 39.2 Å². The summed E-state index contributed by atoms with van der Waals surface area (Å²) < 4.78 is 0. The molecule has 0 fully saturated rings. The van der Waals surface area contributed by atoms with Gasteiger partial charge in [-0.1, -0.05) is 24.6 Å². The summed E-state index contributed by atoms with van der Waals surface area (Å²) in [5.41, 5.74) is 1.67. The fourth-order valence-electron chi connectivity index (χ4n) is 2.07. The molecule has 0 aliphatic carbocycles. The Kier molecular flexibility index (Phi) is 6.69. The van der Waals surface area contributed by atoms with Crippen molar-refractivity contribution in [1.82, 2.24) is 4.90 Å². The maximum Gasteiger partial charge on any atom is 0.226 e. The second-order valence-corrected chi connectivity index (χ2v) is 5.66. The van der Waals surface area contributed by atoms with Gasteiger partial charge in [0.1, 0.15) is 0 Å². The van der Waals surface area contributed by atoms with Crippen molar-refractivity contribution >= 4 is 29.1 Å². The first-order valence-corrected chi connectivity index (χ1v) is 7.56. The monoisotopic (exact) mass is 310 g/mol. The second-order valence-electron chi connectivity index (χ2n) is 5.23. The minimum Gasteiger partial charge on any atom is -0.340 e. The summed E-state index contributed by atoms with van der Waals surface area (Å²) in [6.45, 7) is 7.88. The molecule has 4 nitrogen and oxygen atoms in total. The van der Waals surface area contributed by atoms with Crippen LogP contribution < -0.4 is 5.32 Å². The van der Waals surface area contributed by atoms with Crippen molar-refractivity contribution in [3.63, 3.8) is 0 Å². The Bertz CT molecular complexity index is 517. The van der Waals surface area contributed by atoms with E-state index in [-0.39, 0.29) is 24.3 Å². The van der Waals surface area contributed by atoms with E-state index in [0.29, 0.717) is 17.3 Å². The Morgan fingerprint density at radius 2 is 2.05 bits per heavy atom. The molecule has 0 aromatic heterocycles. The Morgan fingerprint density at radius 3 is 2.62 bits per heavy atom. The van der Waals surface area contributed by atoms with Crippen molar-refractivity contribution in [3.8, 4) is 0 Å². The molecule has 1 aromatic carbocycles. The van der Waals surface area contributed by atoms with E-state index in [1.807, 2.05) is 26.8 Å². The van der Waals surface area contributed by atoms with E-state index in [0.717, 1.165) is 12.0 Å². The van der Waals surface area contributed by atoms with Crippen LogP contribution in [0.2, 0.25) is 5.02 Å². The van der Waals surface area contributed by atoms with Crippen LogP contribution in [0.3, 0.4) is 0 Å². The number of hydrogen-bond donors (Lipinski definition) is 1. The number of hydrogen-bond acceptors (Lipinski definition) is 2. The van der Waals surface area contributed by atoms with E-state index in [2.05, 4.69) is 5.32 Å². The van der Waals surface area contributed by atoms with Crippen molar-refractivity contribution in [1.29, 1.82) is 0 Å². The molecule has 21 heavy (non-hydrogen) atoms. The van der Waals surface area contributed by atoms with Gasteiger partial charge in [0, 0.05) is 36.6 Å². The Hall–Kier alpha value is -1.55. The third-order valence-electron chi connectivity index (χ3n) is 3.58. The van der Waals surface area contributed by atoms with Crippen LogP contribution in [0.5, 0.6) is 0 Å². The molecule has 0 spiro atoms. The molecule has 1 N–H and O–H groups in total. The molecule has 5 heteroatoms. The Morgan fingerprint density at radius 1 is 1.38 bits per heavy atom. The maximum atomic E-state index is 12.0. The molecule has 1 rings (SSSR count). The van der Waals surface area contributed by atoms with Crippen molar-refractivity contribution in [2.75, 3.05) is 11.9 Å². The van der Waals surface area contributed by atoms with Gasteiger partial charge in [-0.25, -0.2) is 0 Å². The first kappa shape index (κ1) is 17.5. The highest BCUT2D eigenvalue weighted by Crippen LogP contribution is 2.20. The van der Waals surface area contributed by atoms with Gasteiger partial charge in [0.05, 0.1) is 0 Å². The van der Waals surface area contributed by atoms with E-state index in [4.69, 9.17) is 11.6 Å². The molecule has 0 heterocycles. The summed E-state index contributed by atoms with van der Waals surface area (Å²) in [4.78, 5) is 25.3. The maximum absolute atomic E-state index is 12.0. The van der Waals surface area contributed by atoms with Crippen LogP contribution in [-0.4, -0.2) is 29.3 Å². The molecule has 1 aromatic rings. The highest BCUT2D eigenvalue weighted by molar-refractivity contribution is 6.31. The standard InChI is InChI=1S/C16H23ClN2O2/c1-5-12(3)19(13(4)20)9-8-16(21)18-15-10-14(17)7-6-11(15)2/h6-7,10,12H,5,8-9H2,1-4H3,(H,18,21). The van der Waals surface area contributed by atoms with Crippen LogP contribution in [0.4, 0.5) is 5.69 Å². The molecular weight excluding hydrogens is 288 g/mol. The summed E-state index contributed by atoms with van der Waals surface area (Å²) in [7, 11) is 0. The number of nitrogens with one attached hydrogen (secondary N) is 1. The molecule has 0 aliphatic rings. The SMILES string of the molecule is CCC(C)N(CCC(=O)Nc1cc(Cl)ccc1C)C(C)=O. The number of rotatable bonds is 6. The van der Waals surface area contributed by atoms with Gasteiger partial charge in [-0.05, 0) is 38.0 Å². The van der Waals surface area contributed by atoms with Crippen LogP contribution in [0.25, 0.3) is 0 Å². The number of carbonyl (C=O) groups is 2. The summed E-state index contributed by atoms with van der Waals surface area (Å²) >= 11 is 5.93. The average molecular weight is 311 g/mol. The number of amides is 2. The number of nitrogens with zero attached hydrogens (tertiary/aromatic N) is 1. The van der Waals surface area contributed by atoms with Gasteiger partial charge in [-0.2, -0.15) is 0 Å². The summed E-state index contributed by atoms with van der Waals surface area (Å²) in [5.74, 6) is -0.119. The molecule has 0 saturated carbocycles. The van der Waals surface area contributed by atoms with E-state index < -0.39 is 0 Å². The van der Waals surface area contributed by atoms with Crippen LogP contribution in [0, 0.1) is 6.92 Å². The van der Waals surface area contributed by atoms with Gasteiger partial charge in [-0.3, -0.25) is 9.59 Å². The van der Waals surface area contributed by atoms with Gasteiger partial charge in [0.2, 0.25) is 11.8 Å². The first-order chi connectivity index (χ1) is 9.85. The summed E-state index contributed by atoms with van der Waals surface area (Å²) in [6.07, 6.45) is 1.14. The Balaban J connectivity index is 2.61. The summed E-state index contributed by atoms with van der Waals surface area (Å²) in [5, 5.41) is 3.43. The number of aryl methyl sites for hydroxylation is 1. The van der Waals surface area contributed by atoms with Gasteiger partial charge >= 0.3 is 0 Å². The third kappa shape index (κ3) is 5.38. The number of benzene rings is 1. The number of anilines is 1. The number of carbonyl (C=O) groups excluding carboxylic acids is 2. The van der Waals surface area contributed by atoms with Gasteiger partial charge in [0.25, 0.3) is 0 Å². The molecular formula is C16H23ClN2O2. The summed E-state index contributed by atoms with van der Waals surface area (Å²) in [6, 6.07) is 5.52.